The van der Waals surface area contributed by atoms with Gasteiger partial charge in [0.2, 0.25) is 0 Å². The number of benzene rings is 2. The number of carbonyl (C=O) groups is 1. The van der Waals surface area contributed by atoms with Gasteiger partial charge in [0.25, 0.3) is 0 Å². The van der Waals surface area contributed by atoms with E-state index in [4.69, 9.17) is 0 Å². The maximum absolute atomic E-state index is 12.3. The van der Waals surface area contributed by atoms with E-state index in [9.17, 15) is 4.79 Å². The van der Waals surface area contributed by atoms with Gasteiger partial charge >= 0.3 is 0 Å². The van der Waals surface area contributed by atoms with E-state index in [0.29, 0.717) is 17.0 Å². The lowest BCUT2D eigenvalue weighted by molar-refractivity contribution is 0.103. The number of ketones is 1. The number of aromatic nitrogens is 3. The summed E-state index contributed by atoms with van der Waals surface area (Å²) in [6.07, 6.45) is 2.90. The third kappa shape index (κ3) is 2.44. The van der Waals surface area contributed by atoms with Crippen molar-refractivity contribution in [3.8, 4) is 11.4 Å². The van der Waals surface area contributed by atoms with Crippen LogP contribution in [0.25, 0.3) is 11.4 Å². The summed E-state index contributed by atoms with van der Waals surface area (Å²) in [5.74, 6) is 0.603. The van der Waals surface area contributed by atoms with Crippen molar-refractivity contribution in [2.45, 2.75) is 0 Å². The summed E-state index contributed by atoms with van der Waals surface area (Å²) in [4.78, 5) is 24.2. The molecule has 1 aromatic heterocycles. The average molecular weight is 261 g/mol. The predicted octanol–water partition coefficient (Wildman–Crippen LogP) is 2.77. The molecule has 4 nitrogen and oxygen atoms in total. The SMILES string of the molecule is O=C(c1ccccc1)c1ccc(-c2ncncn2)cc1. The van der Waals surface area contributed by atoms with Crippen LogP contribution in [0.3, 0.4) is 0 Å². The molecule has 0 bridgehead atoms. The highest BCUT2D eigenvalue weighted by Gasteiger charge is 2.08. The smallest absolute Gasteiger partial charge is 0.193 e. The molecule has 4 heteroatoms. The molecule has 3 rings (SSSR count). The van der Waals surface area contributed by atoms with Gasteiger partial charge in [-0.3, -0.25) is 4.79 Å². The van der Waals surface area contributed by atoms with E-state index in [-0.39, 0.29) is 5.78 Å². The molecular formula is C16H11N3O. The van der Waals surface area contributed by atoms with Gasteiger partial charge in [0, 0.05) is 16.7 Å². The van der Waals surface area contributed by atoms with Gasteiger partial charge in [0.05, 0.1) is 0 Å². The van der Waals surface area contributed by atoms with Crippen LogP contribution in [0.2, 0.25) is 0 Å². The molecule has 2 aromatic carbocycles. The molecule has 0 aliphatic heterocycles. The maximum atomic E-state index is 12.3. The Morgan fingerprint density at radius 3 is 2.00 bits per heavy atom. The molecule has 1 heterocycles. The fourth-order valence-corrected chi connectivity index (χ4v) is 1.92. The van der Waals surface area contributed by atoms with Gasteiger partial charge in [-0.05, 0) is 0 Å². The Labute approximate surface area is 116 Å². The van der Waals surface area contributed by atoms with E-state index >= 15 is 0 Å². The molecule has 3 aromatic rings. The first-order valence-electron chi connectivity index (χ1n) is 6.17. The summed E-state index contributed by atoms with van der Waals surface area (Å²) in [6, 6.07) is 16.5. The van der Waals surface area contributed by atoms with Crippen molar-refractivity contribution in [1.29, 1.82) is 0 Å². The Morgan fingerprint density at radius 2 is 1.35 bits per heavy atom. The van der Waals surface area contributed by atoms with Gasteiger partial charge in [-0.2, -0.15) is 0 Å². The molecule has 96 valence electrons. The monoisotopic (exact) mass is 261 g/mol. The topological polar surface area (TPSA) is 55.7 Å². The molecule has 0 aliphatic carbocycles. The van der Waals surface area contributed by atoms with Crippen LogP contribution in [0.15, 0.2) is 67.3 Å². The Hall–Kier alpha value is -2.88. The summed E-state index contributed by atoms with van der Waals surface area (Å²) < 4.78 is 0. The quantitative estimate of drug-likeness (QED) is 0.680. The van der Waals surface area contributed by atoms with Crippen LogP contribution in [-0.2, 0) is 0 Å². The van der Waals surface area contributed by atoms with Crippen LogP contribution in [0, 0.1) is 0 Å². The number of rotatable bonds is 3. The van der Waals surface area contributed by atoms with E-state index in [2.05, 4.69) is 15.0 Å². The minimum atomic E-state index is 0.00722. The van der Waals surface area contributed by atoms with Crippen molar-refractivity contribution in [2.24, 2.45) is 0 Å². The molecule has 20 heavy (non-hydrogen) atoms. The average Bonchev–Trinajstić information content (AvgIpc) is 2.56. The Bertz CT molecular complexity index is 710. The summed E-state index contributed by atoms with van der Waals surface area (Å²) in [7, 11) is 0. The molecule has 0 saturated carbocycles. The Morgan fingerprint density at radius 1 is 0.750 bits per heavy atom. The highest BCUT2D eigenvalue weighted by atomic mass is 16.1. The largest absolute Gasteiger partial charge is 0.289 e. The van der Waals surface area contributed by atoms with Gasteiger partial charge in [-0.25, -0.2) is 15.0 Å². The van der Waals surface area contributed by atoms with Gasteiger partial charge in [0.1, 0.15) is 12.7 Å². The number of carbonyl (C=O) groups excluding carboxylic acids is 1. The van der Waals surface area contributed by atoms with Gasteiger partial charge in [0.15, 0.2) is 11.6 Å². The normalized spacial score (nSPS) is 10.2. The molecule has 0 radical (unpaired) electrons. The first kappa shape index (κ1) is 12.2. The molecule has 0 saturated heterocycles. The number of hydrogen-bond donors (Lipinski definition) is 0. The van der Waals surface area contributed by atoms with E-state index < -0.39 is 0 Å². The fourth-order valence-electron chi connectivity index (χ4n) is 1.92. The zero-order chi connectivity index (χ0) is 13.8. The zero-order valence-electron chi connectivity index (χ0n) is 10.6. The number of hydrogen-bond acceptors (Lipinski definition) is 4. The van der Waals surface area contributed by atoms with Crippen LogP contribution in [-0.4, -0.2) is 20.7 Å². The predicted molar refractivity (Wildman–Crippen MR) is 75.1 cm³/mol. The minimum absolute atomic E-state index is 0.00722. The summed E-state index contributed by atoms with van der Waals surface area (Å²) in [6.45, 7) is 0. The second-order valence-electron chi connectivity index (χ2n) is 4.23. The van der Waals surface area contributed by atoms with E-state index in [1.807, 2.05) is 42.5 Å². The maximum Gasteiger partial charge on any atom is 0.193 e. The van der Waals surface area contributed by atoms with Gasteiger partial charge < -0.3 is 0 Å². The van der Waals surface area contributed by atoms with Crippen LogP contribution in [0.1, 0.15) is 15.9 Å². The van der Waals surface area contributed by atoms with Crippen molar-refractivity contribution in [2.75, 3.05) is 0 Å². The van der Waals surface area contributed by atoms with Crippen molar-refractivity contribution in [3.63, 3.8) is 0 Å². The fraction of sp³-hybridized carbons (Fsp3) is 0. The van der Waals surface area contributed by atoms with Crippen molar-refractivity contribution in [1.82, 2.24) is 15.0 Å². The van der Waals surface area contributed by atoms with Crippen LogP contribution in [0.5, 0.6) is 0 Å². The Kier molecular flexibility index (Phi) is 3.29. The lowest BCUT2D eigenvalue weighted by atomic mass is 10.0. The lowest BCUT2D eigenvalue weighted by Gasteiger charge is -2.03. The molecule has 0 atom stereocenters. The van der Waals surface area contributed by atoms with Crippen molar-refractivity contribution in [3.05, 3.63) is 78.4 Å². The molecule has 0 amide bonds. The van der Waals surface area contributed by atoms with E-state index in [1.165, 1.54) is 12.7 Å². The molecular weight excluding hydrogens is 250 g/mol. The summed E-state index contributed by atoms with van der Waals surface area (Å²) in [5.41, 5.74) is 2.19. The highest BCUT2D eigenvalue weighted by Crippen LogP contribution is 2.16. The van der Waals surface area contributed by atoms with E-state index in [1.54, 1.807) is 12.1 Å². The zero-order valence-corrected chi connectivity index (χ0v) is 10.6. The van der Waals surface area contributed by atoms with Crippen LogP contribution < -0.4 is 0 Å². The Balaban J connectivity index is 1.89. The molecule has 0 spiro atoms. The second-order valence-corrected chi connectivity index (χ2v) is 4.23. The van der Waals surface area contributed by atoms with Crippen molar-refractivity contribution < 1.29 is 4.79 Å². The summed E-state index contributed by atoms with van der Waals surface area (Å²) in [5, 5.41) is 0. The third-order valence-electron chi connectivity index (χ3n) is 2.93. The number of nitrogens with zero attached hydrogens (tertiary/aromatic N) is 3. The first-order valence-corrected chi connectivity index (χ1v) is 6.17. The van der Waals surface area contributed by atoms with Crippen molar-refractivity contribution >= 4 is 5.78 Å². The van der Waals surface area contributed by atoms with Crippen LogP contribution in [0.4, 0.5) is 0 Å². The lowest BCUT2D eigenvalue weighted by Crippen LogP contribution is -2.00. The highest BCUT2D eigenvalue weighted by molar-refractivity contribution is 6.09. The minimum Gasteiger partial charge on any atom is -0.289 e. The summed E-state index contributed by atoms with van der Waals surface area (Å²) >= 11 is 0. The standard InChI is InChI=1S/C16H11N3O/c20-15(12-4-2-1-3-5-12)13-6-8-14(9-7-13)16-18-10-17-11-19-16/h1-11H. The van der Waals surface area contributed by atoms with Gasteiger partial charge in [-0.15, -0.1) is 0 Å². The second kappa shape index (κ2) is 5.40. The third-order valence-corrected chi connectivity index (χ3v) is 2.93. The van der Waals surface area contributed by atoms with Gasteiger partial charge in [-0.1, -0.05) is 54.6 Å². The van der Waals surface area contributed by atoms with Crippen LogP contribution >= 0.6 is 0 Å². The molecule has 0 unspecified atom stereocenters. The first-order chi connectivity index (χ1) is 9.84. The molecule has 0 N–H and O–H groups in total. The molecule has 0 aliphatic rings. The van der Waals surface area contributed by atoms with E-state index in [0.717, 1.165) is 5.56 Å². The molecule has 0 fully saturated rings.